The largest absolute Gasteiger partial charge is 0.326 e. The number of carbonyl (C=O) groups excluding carboxylic acids is 1. The molecule has 0 spiro atoms. The summed E-state index contributed by atoms with van der Waals surface area (Å²) >= 11 is 0. The van der Waals surface area contributed by atoms with E-state index in [1.807, 2.05) is 12.1 Å². The van der Waals surface area contributed by atoms with Crippen LogP contribution in [0.25, 0.3) is 0 Å². The fourth-order valence-electron chi connectivity index (χ4n) is 2.54. The van der Waals surface area contributed by atoms with Gasteiger partial charge in [-0.05, 0) is 57.2 Å². The highest BCUT2D eigenvalue weighted by molar-refractivity contribution is 5.92. The lowest BCUT2D eigenvalue weighted by atomic mass is 9.96. The normalized spacial score (nSPS) is 15.5. The maximum absolute atomic E-state index is 12.3. The number of piperidine rings is 1. The molecule has 0 bridgehead atoms. The molecule has 1 heterocycles. The number of rotatable bonds is 5. The first kappa shape index (κ1) is 21.2. The minimum Gasteiger partial charge on any atom is -0.326 e. The zero-order chi connectivity index (χ0) is 14.4. The maximum Gasteiger partial charge on any atom is 0.227 e. The van der Waals surface area contributed by atoms with E-state index in [1.165, 1.54) is 5.56 Å². The van der Waals surface area contributed by atoms with Gasteiger partial charge in [0.15, 0.2) is 0 Å². The molecule has 2 rings (SSSR count). The second-order valence-corrected chi connectivity index (χ2v) is 5.55. The molecule has 1 saturated heterocycles. The van der Waals surface area contributed by atoms with Crippen molar-refractivity contribution in [1.29, 1.82) is 0 Å². The lowest BCUT2D eigenvalue weighted by Crippen LogP contribution is -2.35. The number of halogens is 2. The van der Waals surface area contributed by atoms with Gasteiger partial charge in [-0.1, -0.05) is 19.1 Å². The van der Waals surface area contributed by atoms with E-state index in [-0.39, 0.29) is 36.6 Å². The average Bonchev–Trinajstić information content (AvgIpc) is 2.46. The smallest absolute Gasteiger partial charge is 0.227 e. The molecular formula is C16H27Cl2N3O. The van der Waals surface area contributed by atoms with Gasteiger partial charge >= 0.3 is 0 Å². The molecule has 0 aromatic heterocycles. The molecule has 0 radical (unpaired) electrons. The highest BCUT2D eigenvalue weighted by Gasteiger charge is 2.23. The number of anilines is 1. The van der Waals surface area contributed by atoms with Gasteiger partial charge in [0.25, 0.3) is 0 Å². The van der Waals surface area contributed by atoms with Crippen molar-refractivity contribution in [1.82, 2.24) is 10.2 Å². The predicted molar refractivity (Wildman–Crippen MR) is 97.2 cm³/mol. The van der Waals surface area contributed by atoms with Crippen LogP contribution in [-0.4, -0.2) is 37.5 Å². The number of hydrogen-bond acceptors (Lipinski definition) is 3. The van der Waals surface area contributed by atoms with Crippen LogP contribution in [0.3, 0.4) is 0 Å². The van der Waals surface area contributed by atoms with E-state index in [2.05, 4.69) is 41.6 Å². The van der Waals surface area contributed by atoms with Gasteiger partial charge < -0.3 is 15.5 Å². The van der Waals surface area contributed by atoms with E-state index in [9.17, 15) is 4.79 Å². The van der Waals surface area contributed by atoms with E-state index in [0.717, 1.165) is 44.7 Å². The zero-order valence-electron chi connectivity index (χ0n) is 13.3. The zero-order valence-corrected chi connectivity index (χ0v) is 14.9. The Balaban J connectivity index is 0.00000220. The molecule has 1 aliphatic heterocycles. The van der Waals surface area contributed by atoms with Gasteiger partial charge in [0.1, 0.15) is 0 Å². The number of nitrogens with one attached hydrogen (secondary N) is 2. The molecule has 4 nitrogen and oxygen atoms in total. The molecule has 1 aromatic carbocycles. The summed E-state index contributed by atoms with van der Waals surface area (Å²) in [4.78, 5) is 14.5. The van der Waals surface area contributed by atoms with Gasteiger partial charge in [0.05, 0.1) is 0 Å². The molecule has 1 fully saturated rings. The first-order chi connectivity index (χ1) is 9.69. The summed E-state index contributed by atoms with van der Waals surface area (Å²) in [5.74, 6) is 0.322. The SMILES string of the molecule is CCNCc1cccc(NC(=O)C2CCN(C)CC2)c1.Cl.Cl. The fourth-order valence-corrected chi connectivity index (χ4v) is 2.54. The monoisotopic (exact) mass is 347 g/mol. The van der Waals surface area contributed by atoms with Gasteiger partial charge in [-0.25, -0.2) is 0 Å². The van der Waals surface area contributed by atoms with Crippen LogP contribution in [0.1, 0.15) is 25.3 Å². The Labute approximate surface area is 145 Å². The third kappa shape index (κ3) is 6.53. The van der Waals surface area contributed by atoms with Crippen molar-refractivity contribution < 1.29 is 4.79 Å². The number of carbonyl (C=O) groups is 1. The van der Waals surface area contributed by atoms with Gasteiger partial charge in [-0.3, -0.25) is 4.79 Å². The summed E-state index contributed by atoms with van der Waals surface area (Å²) in [6.45, 7) is 5.91. The molecule has 0 unspecified atom stereocenters. The fraction of sp³-hybridized carbons (Fsp3) is 0.562. The molecule has 6 heteroatoms. The van der Waals surface area contributed by atoms with Crippen LogP contribution in [0, 0.1) is 5.92 Å². The Morgan fingerprint density at radius 1 is 1.27 bits per heavy atom. The first-order valence-electron chi connectivity index (χ1n) is 7.48. The minimum atomic E-state index is 0. The van der Waals surface area contributed by atoms with E-state index in [1.54, 1.807) is 0 Å². The first-order valence-corrected chi connectivity index (χ1v) is 7.48. The Bertz CT molecular complexity index is 449. The van der Waals surface area contributed by atoms with E-state index < -0.39 is 0 Å². The Morgan fingerprint density at radius 2 is 1.95 bits per heavy atom. The summed E-state index contributed by atoms with van der Waals surface area (Å²) in [5, 5.41) is 6.35. The van der Waals surface area contributed by atoms with Crippen molar-refractivity contribution >= 4 is 36.4 Å². The highest BCUT2D eigenvalue weighted by atomic mass is 35.5. The summed E-state index contributed by atoms with van der Waals surface area (Å²) in [6, 6.07) is 8.09. The second-order valence-electron chi connectivity index (χ2n) is 5.55. The second kappa shape index (κ2) is 10.8. The molecule has 1 aromatic rings. The number of hydrogen-bond donors (Lipinski definition) is 2. The molecule has 0 aliphatic carbocycles. The Kier molecular flexibility index (Phi) is 10.4. The van der Waals surface area contributed by atoms with Crippen LogP contribution in [0.4, 0.5) is 5.69 Å². The summed E-state index contributed by atoms with van der Waals surface area (Å²) < 4.78 is 0. The van der Waals surface area contributed by atoms with Gasteiger partial charge in [0, 0.05) is 18.2 Å². The van der Waals surface area contributed by atoms with Crippen LogP contribution in [0.2, 0.25) is 0 Å². The molecule has 0 atom stereocenters. The maximum atomic E-state index is 12.3. The van der Waals surface area contributed by atoms with Crippen molar-refractivity contribution in [2.24, 2.45) is 5.92 Å². The standard InChI is InChI=1S/C16H25N3O.2ClH/c1-3-17-12-13-5-4-6-15(11-13)18-16(20)14-7-9-19(2)10-8-14;;/h4-6,11,14,17H,3,7-10,12H2,1-2H3,(H,18,20);2*1H. The molecular weight excluding hydrogens is 321 g/mol. The summed E-state index contributed by atoms with van der Waals surface area (Å²) in [6.07, 6.45) is 1.92. The van der Waals surface area contributed by atoms with Crippen LogP contribution >= 0.6 is 24.8 Å². The molecule has 1 aliphatic rings. The lowest BCUT2D eigenvalue weighted by Gasteiger charge is -2.28. The molecule has 1 amide bonds. The summed E-state index contributed by atoms with van der Waals surface area (Å²) in [5.41, 5.74) is 2.11. The molecule has 22 heavy (non-hydrogen) atoms. The van der Waals surface area contributed by atoms with E-state index in [0.29, 0.717) is 0 Å². The van der Waals surface area contributed by atoms with Crippen LogP contribution in [0.15, 0.2) is 24.3 Å². The number of likely N-dealkylation sites (tertiary alicyclic amines) is 1. The third-order valence-electron chi connectivity index (χ3n) is 3.86. The van der Waals surface area contributed by atoms with Crippen molar-refractivity contribution in [3.8, 4) is 0 Å². The number of amides is 1. The van der Waals surface area contributed by atoms with E-state index in [4.69, 9.17) is 0 Å². The Hall–Kier alpha value is -0.810. The minimum absolute atomic E-state index is 0. The van der Waals surface area contributed by atoms with Crippen LogP contribution in [0.5, 0.6) is 0 Å². The average molecular weight is 348 g/mol. The van der Waals surface area contributed by atoms with Gasteiger partial charge in [0.2, 0.25) is 5.91 Å². The van der Waals surface area contributed by atoms with Crippen LogP contribution in [-0.2, 0) is 11.3 Å². The van der Waals surface area contributed by atoms with Crippen molar-refractivity contribution in [3.05, 3.63) is 29.8 Å². The lowest BCUT2D eigenvalue weighted by molar-refractivity contribution is -0.121. The quantitative estimate of drug-likeness (QED) is 0.860. The van der Waals surface area contributed by atoms with Crippen molar-refractivity contribution in [3.63, 3.8) is 0 Å². The summed E-state index contributed by atoms with van der Waals surface area (Å²) in [7, 11) is 2.11. The van der Waals surface area contributed by atoms with Crippen molar-refractivity contribution in [2.75, 3.05) is 32.0 Å². The third-order valence-corrected chi connectivity index (χ3v) is 3.86. The highest BCUT2D eigenvalue weighted by Crippen LogP contribution is 2.19. The topological polar surface area (TPSA) is 44.4 Å². The molecule has 2 N–H and O–H groups in total. The molecule has 0 saturated carbocycles. The van der Waals surface area contributed by atoms with Crippen LogP contribution < -0.4 is 10.6 Å². The van der Waals surface area contributed by atoms with Gasteiger partial charge in [-0.15, -0.1) is 24.8 Å². The predicted octanol–water partition coefficient (Wildman–Crippen LogP) is 2.92. The number of nitrogens with zero attached hydrogens (tertiary/aromatic N) is 1. The Morgan fingerprint density at radius 3 is 2.59 bits per heavy atom. The van der Waals surface area contributed by atoms with E-state index >= 15 is 0 Å². The van der Waals surface area contributed by atoms with Crippen molar-refractivity contribution in [2.45, 2.75) is 26.3 Å². The number of benzene rings is 1. The molecule has 126 valence electrons. The van der Waals surface area contributed by atoms with Gasteiger partial charge in [-0.2, -0.15) is 0 Å².